The maximum Gasteiger partial charge on any atom is 0.274 e. The van der Waals surface area contributed by atoms with Crippen LogP contribution in [0, 0.1) is 5.82 Å². The number of amides is 1. The van der Waals surface area contributed by atoms with Crippen LogP contribution in [-0.4, -0.2) is 10.9 Å². The number of pyridine rings is 1. The number of halogens is 1. The summed E-state index contributed by atoms with van der Waals surface area (Å²) in [6.07, 6.45) is 1.59. The molecule has 0 spiro atoms. The normalized spacial score (nSPS) is 10.1. The summed E-state index contributed by atoms with van der Waals surface area (Å²) in [4.78, 5) is 16.2. The van der Waals surface area contributed by atoms with Crippen LogP contribution < -0.4 is 10.6 Å². The third-order valence-electron chi connectivity index (χ3n) is 3.16. The van der Waals surface area contributed by atoms with Crippen LogP contribution in [0.2, 0.25) is 0 Å². The Labute approximate surface area is 133 Å². The Morgan fingerprint density at radius 1 is 0.826 bits per heavy atom. The molecule has 0 aliphatic carbocycles. The molecule has 0 saturated heterocycles. The van der Waals surface area contributed by atoms with Gasteiger partial charge in [0.25, 0.3) is 5.91 Å². The van der Waals surface area contributed by atoms with Crippen molar-refractivity contribution in [2.45, 2.75) is 0 Å². The summed E-state index contributed by atoms with van der Waals surface area (Å²) in [7, 11) is 0. The molecule has 4 nitrogen and oxygen atoms in total. The summed E-state index contributed by atoms with van der Waals surface area (Å²) in [6, 6.07) is 18.7. The van der Waals surface area contributed by atoms with Crippen LogP contribution in [-0.2, 0) is 0 Å². The third kappa shape index (κ3) is 3.91. The van der Waals surface area contributed by atoms with E-state index in [1.54, 1.807) is 18.3 Å². The van der Waals surface area contributed by atoms with E-state index in [9.17, 15) is 9.18 Å². The van der Waals surface area contributed by atoms with Crippen molar-refractivity contribution in [2.24, 2.45) is 0 Å². The molecule has 114 valence electrons. The molecule has 3 aromatic rings. The molecule has 23 heavy (non-hydrogen) atoms. The first-order valence-corrected chi connectivity index (χ1v) is 7.06. The number of para-hydroxylation sites is 1. The molecule has 0 unspecified atom stereocenters. The van der Waals surface area contributed by atoms with Gasteiger partial charge in [-0.1, -0.05) is 18.2 Å². The van der Waals surface area contributed by atoms with E-state index in [1.807, 2.05) is 30.3 Å². The number of nitrogens with one attached hydrogen (secondary N) is 2. The van der Waals surface area contributed by atoms with Gasteiger partial charge in [0.05, 0.1) is 11.9 Å². The van der Waals surface area contributed by atoms with Gasteiger partial charge in [0.15, 0.2) is 0 Å². The van der Waals surface area contributed by atoms with Crippen LogP contribution in [0.25, 0.3) is 0 Å². The number of benzene rings is 2. The molecule has 5 heteroatoms. The summed E-state index contributed by atoms with van der Waals surface area (Å²) in [5.74, 6) is -0.694. The zero-order valence-electron chi connectivity index (χ0n) is 12.2. The lowest BCUT2D eigenvalue weighted by Gasteiger charge is -2.07. The molecule has 0 radical (unpaired) electrons. The highest BCUT2D eigenvalue weighted by Crippen LogP contribution is 2.16. The molecular weight excluding hydrogens is 293 g/mol. The Balaban J connectivity index is 1.66. The second-order valence-electron chi connectivity index (χ2n) is 4.88. The van der Waals surface area contributed by atoms with Gasteiger partial charge in [0, 0.05) is 11.4 Å². The van der Waals surface area contributed by atoms with E-state index in [-0.39, 0.29) is 17.4 Å². The number of rotatable bonds is 4. The summed E-state index contributed by atoms with van der Waals surface area (Å²) in [5.41, 5.74) is 2.53. The Hall–Kier alpha value is -3.21. The lowest BCUT2D eigenvalue weighted by Crippen LogP contribution is -2.13. The predicted molar refractivity (Wildman–Crippen MR) is 88.3 cm³/mol. The Kier molecular flexibility index (Phi) is 4.29. The van der Waals surface area contributed by atoms with Gasteiger partial charge in [-0.3, -0.25) is 4.79 Å². The summed E-state index contributed by atoms with van der Waals surface area (Å²) < 4.78 is 12.8. The minimum Gasteiger partial charge on any atom is -0.354 e. The Morgan fingerprint density at radius 3 is 2.17 bits per heavy atom. The second kappa shape index (κ2) is 6.70. The van der Waals surface area contributed by atoms with Gasteiger partial charge < -0.3 is 10.6 Å². The van der Waals surface area contributed by atoms with E-state index in [4.69, 9.17) is 0 Å². The fraction of sp³-hybridized carbons (Fsp3) is 0. The molecule has 1 amide bonds. The van der Waals surface area contributed by atoms with Gasteiger partial charge in [-0.2, -0.15) is 0 Å². The van der Waals surface area contributed by atoms with Crippen molar-refractivity contribution < 1.29 is 9.18 Å². The number of hydrogen-bond acceptors (Lipinski definition) is 3. The quantitative estimate of drug-likeness (QED) is 0.759. The number of anilines is 3. The van der Waals surface area contributed by atoms with E-state index < -0.39 is 0 Å². The molecule has 1 heterocycles. The fourth-order valence-electron chi connectivity index (χ4n) is 2.02. The van der Waals surface area contributed by atoms with E-state index in [0.717, 1.165) is 11.4 Å². The standard InChI is InChI=1S/C18H14FN3O/c19-13-6-8-15(9-7-13)22-18(23)17-11-10-16(12-20-17)21-14-4-2-1-3-5-14/h1-12,21H,(H,22,23). The van der Waals surface area contributed by atoms with E-state index in [0.29, 0.717) is 5.69 Å². The summed E-state index contributed by atoms with van der Waals surface area (Å²) in [6.45, 7) is 0. The highest BCUT2D eigenvalue weighted by molar-refractivity contribution is 6.02. The summed E-state index contributed by atoms with van der Waals surface area (Å²) >= 11 is 0. The fourth-order valence-corrected chi connectivity index (χ4v) is 2.02. The van der Waals surface area contributed by atoms with Gasteiger partial charge >= 0.3 is 0 Å². The maximum absolute atomic E-state index is 12.8. The zero-order chi connectivity index (χ0) is 16.1. The highest BCUT2D eigenvalue weighted by atomic mass is 19.1. The molecule has 1 aromatic heterocycles. The smallest absolute Gasteiger partial charge is 0.274 e. The minimum atomic E-state index is -0.350. The van der Waals surface area contributed by atoms with Crippen molar-refractivity contribution in [3.63, 3.8) is 0 Å². The topological polar surface area (TPSA) is 54.0 Å². The van der Waals surface area contributed by atoms with Gasteiger partial charge in [0.2, 0.25) is 0 Å². The lowest BCUT2D eigenvalue weighted by molar-refractivity contribution is 0.102. The largest absolute Gasteiger partial charge is 0.354 e. The van der Waals surface area contributed by atoms with Crippen LogP contribution >= 0.6 is 0 Å². The summed E-state index contributed by atoms with van der Waals surface area (Å²) in [5, 5.41) is 5.86. The average molecular weight is 307 g/mol. The molecule has 0 aliphatic heterocycles. The number of carbonyl (C=O) groups excluding carboxylic acids is 1. The molecule has 0 fully saturated rings. The van der Waals surface area contributed by atoms with Crippen LogP contribution in [0.3, 0.4) is 0 Å². The molecular formula is C18H14FN3O. The third-order valence-corrected chi connectivity index (χ3v) is 3.16. The Morgan fingerprint density at radius 2 is 1.52 bits per heavy atom. The van der Waals surface area contributed by atoms with Crippen LogP contribution in [0.15, 0.2) is 72.9 Å². The van der Waals surface area contributed by atoms with Gasteiger partial charge in [-0.25, -0.2) is 9.37 Å². The van der Waals surface area contributed by atoms with E-state index >= 15 is 0 Å². The van der Waals surface area contributed by atoms with Crippen molar-refractivity contribution in [1.82, 2.24) is 4.98 Å². The van der Waals surface area contributed by atoms with Crippen LogP contribution in [0.5, 0.6) is 0 Å². The van der Waals surface area contributed by atoms with Gasteiger partial charge in [-0.15, -0.1) is 0 Å². The first-order valence-electron chi connectivity index (χ1n) is 7.06. The van der Waals surface area contributed by atoms with Gasteiger partial charge in [0.1, 0.15) is 11.5 Å². The first-order chi connectivity index (χ1) is 11.2. The highest BCUT2D eigenvalue weighted by Gasteiger charge is 2.07. The number of carbonyl (C=O) groups is 1. The average Bonchev–Trinajstić information content (AvgIpc) is 2.58. The minimum absolute atomic E-state index is 0.285. The number of aromatic nitrogens is 1. The molecule has 0 bridgehead atoms. The van der Waals surface area contributed by atoms with Crippen LogP contribution in [0.4, 0.5) is 21.5 Å². The first kappa shape index (κ1) is 14.7. The molecule has 2 aromatic carbocycles. The molecule has 0 aliphatic rings. The zero-order valence-corrected chi connectivity index (χ0v) is 12.2. The Bertz CT molecular complexity index is 787. The van der Waals surface area contributed by atoms with Gasteiger partial charge in [-0.05, 0) is 48.5 Å². The van der Waals surface area contributed by atoms with Crippen molar-refractivity contribution in [3.05, 3.63) is 84.4 Å². The second-order valence-corrected chi connectivity index (χ2v) is 4.88. The van der Waals surface area contributed by atoms with Crippen molar-refractivity contribution in [2.75, 3.05) is 10.6 Å². The molecule has 0 saturated carbocycles. The molecule has 3 rings (SSSR count). The molecule has 2 N–H and O–H groups in total. The van der Waals surface area contributed by atoms with Crippen LogP contribution in [0.1, 0.15) is 10.5 Å². The van der Waals surface area contributed by atoms with Crippen molar-refractivity contribution in [1.29, 1.82) is 0 Å². The van der Waals surface area contributed by atoms with E-state index in [2.05, 4.69) is 15.6 Å². The SMILES string of the molecule is O=C(Nc1ccc(F)cc1)c1ccc(Nc2ccccc2)cn1. The predicted octanol–water partition coefficient (Wildman–Crippen LogP) is 4.22. The number of nitrogens with zero attached hydrogens (tertiary/aromatic N) is 1. The molecule has 0 atom stereocenters. The van der Waals surface area contributed by atoms with Crippen molar-refractivity contribution >= 4 is 23.0 Å². The number of hydrogen-bond donors (Lipinski definition) is 2. The van der Waals surface area contributed by atoms with E-state index in [1.165, 1.54) is 24.3 Å². The van der Waals surface area contributed by atoms with Crippen molar-refractivity contribution in [3.8, 4) is 0 Å². The monoisotopic (exact) mass is 307 g/mol. The maximum atomic E-state index is 12.8. The lowest BCUT2D eigenvalue weighted by atomic mass is 10.2.